The minimum atomic E-state index is 0.414. The average Bonchev–Trinajstić information content (AvgIpc) is 2.31. The van der Waals surface area contributed by atoms with Crippen molar-refractivity contribution in [1.29, 1.82) is 0 Å². The highest BCUT2D eigenvalue weighted by atomic mass is 79.9. The maximum Gasteiger partial charge on any atom is 0.0683 e. The maximum absolute atomic E-state index is 5.53. The Balaban J connectivity index is 2.19. The number of nitrogens with one attached hydrogen (secondary N) is 1. The molecule has 1 atom stereocenters. The predicted molar refractivity (Wildman–Crippen MR) is 70.0 cm³/mol. The fourth-order valence-corrected chi connectivity index (χ4v) is 2.57. The van der Waals surface area contributed by atoms with Crippen LogP contribution in [0.15, 0.2) is 28.7 Å². The van der Waals surface area contributed by atoms with E-state index in [2.05, 4.69) is 44.3 Å². The number of morpholine rings is 1. The molecule has 1 unspecified atom stereocenters. The molecule has 0 aromatic heterocycles. The number of hydrogen-bond donors (Lipinski definition) is 1. The van der Waals surface area contributed by atoms with E-state index in [1.165, 1.54) is 5.69 Å². The first-order valence-corrected chi connectivity index (χ1v) is 6.35. The third-order valence-electron chi connectivity index (χ3n) is 2.83. The van der Waals surface area contributed by atoms with E-state index in [1.54, 1.807) is 0 Å². The van der Waals surface area contributed by atoms with Gasteiger partial charge in [-0.25, -0.2) is 0 Å². The molecule has 0 bridgehead atoms. The monoisotopic (exact) mass is 284 g/mol. The van der Waals surface area contributed by atoms with Crippen molar-refractivity contribution >= 4 is 21.6 Å². The summed E-state index contributed by atoms with van der Waals surface area (Å²) in [6, 6.07) is 8.77. The van der Waals surface area contributed by atoms with Crippen LogP contribution >= 0.6 is 15.9 Å². The topological polar surface area (TPSA) is 24.5 Å². The minimum Gasteiger partial charge on any atom is -0.377 e. The first-order valence-electron chi connectivity index (χ1n) is 5.56. The highest BCUT2D eigenvalue weighted by molar-refractivity contribution is 9.10. The van der Waals surface area contributed by atoms with Gasteiger partial charge in [-0.3, -0.25) is 0 Å². The molecule has 1 N–H and O–H groups in total. The van der Waals surface area contributed by atoms with Gasteiger partial charge in [0, 0.05) is 17.6 Å². The molecule has 0 aliphatic carbocycles. The molecule has 2 rings (SSSR count). The summed E-state index contributed by atoms with van der Waals surface area (Å²) in [6.45, 7) is 3.50. The number of hydrogen-bond acceptors (Lipinski definition) is 3. The molecule has 3 nitrogen and oxygen atoms in total. The number of anilines is 1. The zero-order valence-electron chi connectivity index (χ0n) is 9.45. The smallest absolute Gasteiger partial charge is 0.0683 e. The predicted octanol–water partition coefficient (Wildman–Crippen LogP) is 1.87. The van der Waals surface area contributed by atoms with Gasteiger partial charge in [-0.2, -0.15) is 0 Å². The molecule has 1 aromatic carbocycles. The molecular weight excluding hydrogens is 268 g/mol. The van der Waals surface area contributed by atoms with Crippen molar-refractivity contribution in [3.05, 3.63) is 28.7 Å². The molecule has 1 fully saturated rings. The highest BCUT2D eigenvalue weighted by Crippen LogP contribution is 2.28. The van der Waals surface area contributed by atoms with E-state index in [1.807, 2.05) is 13.1 Å². The van der Waals surface area contributed by atoms with Gasteiger partial charge >= 0.3 is 0 Å². The van der Waals surface area contributed by atoms with Gasteiger partial charge in [-0.1, -0.05) is 12.1 Å². The van der Waals surface area contributed by atoms with Gasteiger partial charge in [0.1, 0.15) is 0 Å². The van der Waals surface area contributed by atoms with Crippen molar-refractivity contribution in [2.75, 3.05) is 38.3 Å². The summed E-state index contributed by atoms with van der Waals surface area (Å²) in [4.78, 5) is 2.41. The van der Waals surface area contributed by atoms with Gasteiger partial charge in [0.15, 0.2) is 0 Å². The third kappa shape index (κ3) is 2.56. The fourth-order valence-electron chi connectivity index (χ4n) is 2.06. The number of halogens is 1. The molecular formula is C12H17BrN2O. The van der Waals surface area contributed by atoms with Crippen molar-refractivity contribution in [3.8, 4) is 0 Å². The summed E-state index contributed by atoms with van der Waals surface area (Å²) in [6.07, 6.45) is 0. The lowest BCUT2D eigenvalue weighted by Crippen LogP contribution is -2.50. The Morgan fingerprint density at radius 3 is 3.06 bits per heavy atom. The minimum absolute atomic E-state index is 0.414. The van der Waals surface area contributed by atoms with Crippen LogP contribution in [0.5, 0.6) is 0 Å². The zero-order valence-corrected chi connectivity index (χ0v) is 11.0. The normalized spacial score (nSPS) is 21.1. The standard InChI is InChI=1S/C12H17BrN2O/c1-14-8-10-9-16-7-6-15(10)12-5-3-2-4-11(12)13/h2-5,10,14H,6-9H2,1H3. The second-order valence-corrected chi connectivity index (χ2v) is 4.79. The number of ether oxygens (including phenoxy) is 1. The molecule has 1 aromatic rings. The zero-order chi connectivity index (χ0) is 11.4. The Hall–Kier alpha value is -0.580. The second-order valence-electron chi connectivity index (χ2n) is 3.93. The molecule has 88 valence electrons. The van der Waals surface area contributed by atoms with Crippen LogP contribution < -0.4 is 10.2 Å². The van der Waals surface area contributed by atoms with Gasteiger partial charge in [0.2, 0.25) is 0 Å². The third-order valence-corrected chi connectivity index (χ3v) is 3.50. The van der Waals surface area contributed by atoms with Crippen molar-refractivity contribution < 1.29 is 4.74 Å². The van der Waals surface area contributed by atoms with E-state index < -0.39 is 0 Å². The number of para-hydroxylation sites is 1. The van der Waals surface area contributed by atoms with Gasteiger partial charge < -0.3 is 15.0 Å². The Morgan fingerprint density at radius 1 is 1.50 bits per heavy atom. The van der Waals surface area contributed by atoms with Gasteiger partial charge in [0.25, 0.3) is 0 Å². The van der Waals surface area contributed by atoms with Crippen molar-refractivity contribution in [2.45, 2.75) is 6.04 Å². The van der Waals surface area contributed by atoms with E-state index in [0.29, 0.717) is 6.04 Å². The molecule has 1 saturated heterocycles. The molecule has 1 aliphatic heterocycles. The molecule has 1 heterocycles. The summed E-state index contributed by atoms with van der Waals surface area (Å²) in [5.74, 6) is 0. The Morgan fingerprint density at radius 2 is 2.31 bits per heavy atom. The quantitative estimate of drug-likeness (QED) is 0.917. The van der Waals surface area contributed by atoms with Crippen LogP contribution in [-0.2, 0) is 4.74 Å². The maximum atomic E-state index is 5.53. The Bertz CT molecular complexity index is 344. The van der Waals surface area contributed by atoms with Crippen molar-refractivity contribution in [3.63, 3.8) is 0 Å². The van der Waals surface area contributed by atoms with E-state index >= 15 is 0 Å². The highest BCUT2D eigenvalue weighted by Gasteiger charge is 2.23. The lowest BCUT2D eigenvalue weighted by molar-refractivity contribution is 0.0943. The molecule has 0 radical (unpaired) electrons. The van der Waals surface area contributed by atoms with Crippen LogP contribution in [0.1, 0.15) is 0 Å². The number of rotatable bonds is 3. The van der Waals surface area contributed by atoms with E-state index in [4.69, 9.17) is 4.74 Å². The van der Waals surface area contributed by atoms with Crippen LogP contribution in [-0.4, -0.2) is 39.4 Å². The van der Waals surface area contributed by atoms with Gasteiger partial charge in [-0.05, 0) is 35.1 Å². The van der Waals surface area contributed by atoms with Gasteiger partial charge in [0.05, 0.1) is 24.9 Å². The molecule has 4 heteroatoms. The molecule has 0 saturated carbocycles. The summed E-state index contributed by atoms with van der Waals surface area (Å²) < 4.78 is 6.68. The first kappa shape index (κ1) is 11.9. The largest absolute Gasteiger partial charge is 0.377 e. The van der Waals surface area contributed by atoms with Crippen LogP contribution in [0.2, 0.25) is 0 Å². The number of benzene rings is 1. The SMILES string of the molecule is CNCC1COCCN1c1ccccc1Br. The van der Waals surface area contributed by atoms with E-state index in [-0.39, 0.29) is 0 Å². The van der Waals surface area contributed by atoms with E-state index in [9.17, 15) is 0 Å². The van der Waals surface area contributed by atoms with Gasteiger partial charge in [-0.15, -0.1) is 0 Å². The molecule has 0 amide bonds. The van der Waals surface area contributed by atoms with Crippen LogP contribution in [0.25, 0.3) is 0 Å². The van der Waals surface area contributed by atoms with E-state index in [0.717, 1.165) is 30.8 Å². The van der Waals surface area contributed by atoms with Crippen molar-refractivity contribution in [2.24, 2.45) is 0 Å². The molecule has 1 aliphatic rings. The molecule has 0 spiro atoms. The summed E-state index contributed by atoms with van der Waals surface area (Å²) in [7, 11) is 1.98. The summed E-state index contributed by atoms with van der Waals surface area (Å²) in [5.41, 5.74) is 1.26. The fraction of sp³-hybridized carbons (Fsp3) is 0.500. The van der Waals surface area contributed by atoms with Crippen LogP contribution in [0.3, 0.4) is 0 Å². The first-order chi connectivity index (χ1) is 7.83. The Labute approximate surface area is 105 Å². The molecule has 16 heavy (non-hydrogen) atoms. The van der Waals surface area contributed by atoms with Crippen LogP contribution in [0, 0.1) is 0 Å². The Kier molecular flexibility index (Phi) is 4.21. The number of nitrogens with zero attached hydrogens (tertiary/aromatic N) is 1. The van der Waals surface area contributed by atoms with Crippen LogP contribution in [0.4, 0.5) is 5.69 Å². The summed E-state index contributed by atoms with van der Waals surface area (Å²) in [5, 5.41) is 3.22. The lowest BCUT2D eigenvalue weighted by atomic mass is 10.2. The lowest BCUT2D eigenvalue weighted by Gasteiger charge is -2.37. The summed E-state index contributed by atoms with van der Waals surface area (Å²) >= 11 is 3.61. The van der Waals surface area contributed by atoms with Crippen molar-refractivity contribution in [1.82, 2.24) is 5.32 Å². The second kappa shape index (κ2) is 5.66. The number of likely N-dealkylation sites (N-methyl/N-ethyl adjacent to an activating group) is 1. The average molecular weight is 285 g/mol.